The fraction of sp³-hybridized carbons (Fsp3) is 0.571. The summed E-state index contributed by atoms with van der Waals surface area (Å²) >= 11 is 0. The van der Waals surface area contributed by atoms with Gasteiger partial charge in [0, 0.05) is 6.04 Å². The molecular weight excluding hydrogens is 246 g/mol. The van der Waals surface area contributed by atoms with E-state index in [1.54, 1.807) is 0 Å². The molecule has 0 radical (unpaired) electrons. The SMILES string of the molecule is Cc1cccc(CCNC2CCCS(=O)(=O)C2)c1. The van der Waals surface area contributed by atoms with Gasteiger partial charge in [-0.3, -0.25) is 0 Å². The first kappa shape index (κ1) is 13.6. The number of rotatable bonds is 4. The summed E-state index contributed by atoms with van der Waals surface area (Å²) in [7, 11) is -2.80. The number of benzene rings is 1. The normalized spacial score (nSPS) is 22.8. The predicted molar refractivity (Wildman–Crippen MR) is 74.6 cm³/mol. The zero-order valence-corrected chi connectivity index (χ0v) is 11.7. The Labute approximate surface area is 110 Å². The highest BCUT2D eigenvalue weighted by Gasteiger charge is 2.23. The second-order valence-corrected chi connectivity index (χ2v) is 7.38. The van der Waals surface area contributed by atoms with Crippen LogP contribution in [0.1, 0.15) is 24.0 Å². The fourth-order valence-electron chi connectivity index (χ4n) is 2.47. The van der Waals surface area contributed by atoms with Crippen LogP contribution < -0.4 is 5.32 Å². The maximum Gasteiger partial charge on any atom is 0.151 e. The minimum Gasteiger partial charge on any atom is -0.313 e. The van der Waals surface area contributed by atoms with E-state index >= 15 is 0 Å². The Kier molecular flexibility index (Phi) is 4.40. The fourth-order valence-corrected chi connectivity index (χ4v) is 4.14. The Bertz CT molecular complexity index is 496. The first-order valence-electron chi connectivity index (χ1n) is 6.54. The average molecular weight is 267 g/mol. The molecule has 0 bridgehead atoms. The molecule has 0 aromatic heterocycles. The van der Waals surface area contributed by atoms with Crippen LogP contribution in [0.4, 0.5) is 0 Å². The van der Waals surface area contributed by atoms with E-state index in [0.29, 0.717) is 11.5 Å². The van der Waals surface area contributed by atoms with E-state index in [1.165, 1.54) is 11.1 Å². The third kappa shape index (κ3) is 4.10. The van der Waals surface area contributed by atoms with Crippen molar-refractivity contribution in [3.63, 3.8) is 0 Å². The number of aryl methyl sites for hydroxylation is 1. The van der Waals surface area contributed by atoms with Crippen LogP contribution in [0.2, 0.25) is 0 Å². The minimum absolute atomic E-state index is 0.147. The van der Waals surface area contributed by atoms with Crippen molar-refractivity contribution in [1.82, 2.24) is 5.32 Å². The highest BCUT2D eigenvalue weighted by Crippen LogP contribution is 2.12. The second kappa shape index (κ2) is 5.85. The molecular formula is C14H21NO2S. The molecule has 0 amide bonds. The molecule has 1 aromatic rings. The maximum absolute atomic E-state index is 11.5. The number of hydrogen-bond donors (Lipinski definition) is 1. The van der Waals surface area contributed by atoms with Gasteiger partial charge in [-0.1, -0.05) is 29.8 Å². The van der Waals surface area contributed by atoms with Gasteiger partial charge in [-0.25, -0.2) is 8.42 Å². The standard InChI is InChI=1S/C14H21NO2S/c1-12-4-2-5-13(10-12)7-8-15-14-6-3-9-18(16,17)11-14/h2,4-5,10,14-15H,3,6-9,11H2,1H3. The molecule has 0 aliphatic carbocycles. The van der Waals surface area contributed by atoms with E-state index in [0.717, 1.165) is 25.8 Å². The van der Waals surface area contributed by atoms with Crippen molar-refractivity contribution in [2.24, 2.45) is 0 Å². The van der Waals surface area contributed by atoms with Crippen LogP contribution in [-0.2, 0) is 16.3 Å². The van der Waals surface area contributed by atoms with E-state index in [-0.39, 0.29) is 6.04 Å². The van der Waals surface area contributed by atoms with E-state index in [1.807, 2.05) is 0 Å². The molecule has 1 aliphatic heterocycles. The monoisotopic (exact) mass is 267 g/mol. The van der Waals surface area contributed by atoms with Gasteiger partial charge in [0.25, 0.3) is 0 Å². The van der Waals surface area contributed by atoms with E-state index < -0.39 is 9.84 Å². The summed E-state index contributed by atoms with van der Waals surface area (Å²) in [4.78, 5) is 0. The molecule has 0 spiro atoms. The molecule has 100 valence electrons. The van der Waals surface area contributed by atoms with Crippen LogP contribution in [0.5, 0.6) is 0 Å². The Morgan fingerprint density at radius 1 is 1.39 bits per heavy atom. The van der Waals surface area contributed by atoms with Gasteiger partial charge in [0.2, 0.25) is 0 Å². The van der Waals surface area contributed by atoms with Crippen LogP contribution in [-0.4, -0.2) is 32.5 Å². The summed E-state index contributed by atoms with van der Waals surface area (Å²) < 4.78 is 23.0. The second-order valence-electron chi connectivity index (χ2n) is 5.15. The maximum atomic E-state index is 11.5. The molecule has 2 rings (SSSR count). The van der Waals surface area contributed by atoms with Gasteiger partial charge in [-0.2, -0.15) is 0 Å². The lowest BCUT2D eigenvalue weighted by Crippen LogP contribution is -2.40. The molecule has 1 heterocycles. The molecule has 1 N–H and O–H groups in total. The largest absolute Gasteiger partial charge is 0.313 e. The molecule has 1 saturated heterocycles. The summed E-state index contributed by atoms with van der Waals surface area (Å²) in [6, 6.07) is 8.60. The van der Waals surface area contributed by atoms with Gasteiger partial charge in [0.1, 0.15) is 0 Å². The van der Waals surface area contributed by atoms with Gasteiger partial charge < -0.3 is 5.32 Å². The highest BCUT2D eigenvalue weighted by atomic mass is 32.2. The molecule has 1 fully saturated rings. The summed E-state index contributed by atoms with van der Waals surface area (Å²) in [5.41, 5.74) is 2.58. The molecule has 3 nitrogen and oxygen atoms in total. The topological polar surface area (TPSA) is 46.2 Å². The third-order valence-corrected chi connectivity index (χ3v) is 5.21. The summed E-state index contributed by atoms with van der Waals surface area (Å²) in [5, 5.41) is 3.37. The van der Waals surface area contributed by atoms with Gasteiger partial charge >= 0.3 is 0 Å². The summed E-state index contributed by atoms with van der Waals surface area (Å²) in [6.45, 7) is 2.94. The van der Waals surface area contributed by atoms with Gasteiger partial charge in [0.05, 0.1) is 11.5 Å². The van der Waals surface area contributed by atoms with Crippen LogP contribution in [0, 0.1) is 6.92 Å². The number of nitrogens with one attached hydrogen (secondary N) is 1. The first-order chi connectivity index (χ1) is 8.55. The van der Waals surface area contributed by atoms with Crippen molar-refractivity contribution in [1.29, 1.82) is 0 Å². The van der Waals surface area contributed by atoms with Gasteiger partial charge in [-0.05, 0) is 38.3 Å². The highest BCUT2D eigenvalue weighted by molar-refractivity contribution is 7.91. The quantitative estimate of drug-likeness (QED) is 0.903. The van der Waals surface area contributed by atoms with Crippen molar-refractivity contribution in [2.75, 3.05) is 18.1 Å². The van der Waals surface area contributed by atoms with E-state index in [4.69, 9.17) is 0 Å². The molecule has 1 unspecified atom stereocenters. The van der Waals surface area contributed by atoms with E-state index in [2.05, 4.69) is 36.5 Å². The van der Waals surface area contributed by atoms with Gasteiger partial charge in [-0.15, -0.1) is 0 Å². The molecule has 1 atom stereocenters. The number of hydrogen-bond acceptors (Lipinski definition) is 3. The molecule has 0 saturated carbocycles. The third-order valence-electron chi connectivity index (χ3n) is 3.39. The zero-order chi connectivity index (χ0) is 13.0. The molecule has 1 aromatic carbocycles. The van der Waals surface area contributed by atoms with E-state index in [9.17, 15) is 8.42 Å². The molecule has 4 heteroatoms. The lowest BCUT2D eigenvalue weighted by atomic mass is 10.1. The predicted octanol–water partition coefficient (Wildman–Crippen LogP) is 1.70. The lowest BCUT2D eigenvalue weighted by Gasteiger charge is -2.23. The Morgan fingerprint density at radius 3 is 2.94 bits per heavy atom. The lowest BCUT2D eigenvalue weighted by molar-refractivity contribution is 0.483. The summed E-state index contributed by atoms with van der Waals surface area (Å²) in [6.07, 6.45) is 2.73. The smallest absolute Gasteiger partial charge is 0.151 e. The molecule has 18 heavy (non-hydrogen) atoms. The van der Waals surface area contributed by atoms with Crippen molar-refractivity contribution in [3.05, 3.63) is 35.4 Å². The zero-order valence-electron chi connectivity index (χ0n) is 10.9. The average Bonchev–Trinajstić information content (AvgIpc) is 2.28. The van der Waals surface area contributed by atoms with Crippen molar-refractivity contribution >= 4 is 9.84 Å². The van der Waals surface area contributed by atoms with Crippen LogP contribution in [0.15, 0.2) is 24.3 Å². The van der Waals surface area contributed by atoms with Crippen LogP contribution in [0.25, 0.3) is 0 Å². The Balaban J connectivity index is 1.79. The number of sulfone groups is 1. The Morgan fingerprint density at radius 2 is 2.22 bits per heavy atom. The van der Waals surface area contributed by atoms with Crippen molar-refractivity contribution in [3.8, 4) is 0 Å². The first-order valence-corrected chi connectivity index (χ1v) is 8.37. The van der Waals surface area contributed by atoms with Crippen LogP contribution >= 0.6 is 0 Å². The summed E-state index contributed by atoms with van der Waals surface area (Å²) in [5.74, 6) is 0.671. The Hall–Kier alpha value is -0.870. The van der Waals surface area contributed by atoms with Crippen molar-refractivity contribution in [2.45, 2.75) is 32.2 Å². The van der Waals surface area contributed by atoms with Gasteiger partial charge in [0.15, 0.2) is 9.84 Å². The van der Waals surface area contributed by atoms with Crippen LogP contribution in [0.3, 0.4) is 0 Å². The molecule has 1 aliphatic rings. The minimum atomic E-state index is -2.80. The van der Waals surface area contributed by atoms with Crippen molar-refractivity contribution < 1.29 is 8.42 Å².